The van der Waals surface area contributed by atoms with Crippen LogP contribution >= 0.6 is 23.2 Å². The molecule has 0 heterocycles. The number of nitrogens with one attached hydrogen (secondary N) is 1. The smallest absolute Gasteiger partial charge is 0.306 e. The highest BCUT2D eigenvalue weighted by molar-refractivity contribution is 6.34. The molecule has 6 heteroatoms. The predicted octanol–water partition coefficient (Wildman–Crippen LogP) is 3.08. The molecule has 2 fully saturated rings. The van der Waals surface area contributed by atoms with Gasteiger partial charge in [-0.05, 0) is 48.9 Å². The van der Waals surface area contributed by atoms with Gasteiger partial charge in [0.15, 0.2) is 0 Å². The first-order valence-corrected chi connectivity index (χ1v) is 7.69. The van der Waals surface area contributed by atoms with Crippen LogP contribution in [0.3, 0.4) is 0 Å². The molecule has 2 N–H and O–H groups in total. The highest BCUT2D eigenvalue weighted by Crippen LogP contribution is 2.49. The van der Waals surface area contributed by atoms with Crippen molar-refractivity contribution in [1.82, 2.24) is 5.32 Å². The van der Waals surface area contributed by atoms with Crippen molar-refractivity contribution in [1.29, 1.82) is 0 Å². The van der Waals surface area contributed by atoms with Gasteiger partial charge >= 0.3 is 5.97 Å². The maximum atomic E-state index is 12.1. The predicted molar refractivity (Wildman–Crippen MR) is 79.6 cm³/mol. The lowest BCUT2D eigenvalue weighted by atomic mass is 9.80. The molecular weight excluding hydrogens is 313 g/mol. The summed E-state index contributed by atoms with van der Waals surface area (Å²) in [5.41, 5.74) is 0.990. The van der Waals surface area contributed by atoms with Gasteiger partial charge in [-0.15, -0.1) is 0 Å². The average molecular weight is 328 g/mol. The lowest BCUT2D eigenvalue weighted by molar-refractivity contribution is -0.146. The van der Waals surface area contributed by atoms with Gasteiger partial charge in [-0.2, -0.15) is 0 Å². The van der Waals surface area contributed by atoms with Gasteiger partial charge < -0.3 is 10.4 Å². The summed E-state index contributed by atoms with van der Waals surface area (Å²) in [6.45, 7) is 0. The van der Waals surface area contributed by atoms with Gasteiger partial charge in [-0.3, -0.25) is 9.59 Å². The molecule has 0 saturated heterocycles. The second-order valence-electron chi connectivity index (χ2n) is 5.86. The molecule has 21 heavy (non-hydrogen) atoms. The molecule has 1 aromatic rings. The van der Waals surface area contributed by atoms with E-state index in [2.05, 4.69) is 5.32 Å². The van der Waals surface area contributed by atoms with Crippen LogP contribution < -0.4 is 5.32 Å². The zero-order valence-electron chi connectivity index (χ0n) is 11.2. The third-order valence-corrected chi connectivity index (χ3v) is 4.71. The maximum Gasteiger partial charge on any atom is 0.306 e. The SMILES string of the molecule is O=C(O)C1CC(NC(=O)C2CC2c2cc(Cl)cc(Cl)c2)C1. The Bertz CT molecular complexity index is 578. The normalized spacial score (nSPS) is 30.4. The number of rotatable bonds is 4. The molecule has 0 aromatic heterocycles. The first kappa shape index (κ1) is 14.7. The summed E-state index contributed by atoms with van der Waals surface area (Å²) in [6.07, 6.45) is 1.85. The molecule has 112 valence electrons. The van der Waals surface area contributed by atoms with E-state index in [0.29, 0.717) is 22.9 Å². The Morgan fingerprint density at radius 1 is 1.10 bits per heavy atom. The van der Waals surface area contributed by atoms with Crippen LogP contribution in [0.2, 0.25) is 10.0 Å². The first-order chi connectivity index (χ1) is 9.94. The summed E-state index contributed by atoms with van der Waals surface area (Å²) >= 11 is 11.9. The van der Waals surface area contributed by atoms with Gasteiger partial charge in [0.05, 0.1) is 5.92 Å². The van der Waals surface area contributed by atoms with E-state index >= 15 is 0 Å². The largest absolute Gasteiger partial charge is 0.481 e. The van der Waals surface area contributed by atoms with Crippen LogP contribution in [0.1, 0.15) is 30.7 Å². The quantitative estimate of drug-likeness (QED) is 0.893. The molecule has 0 spiro atoms. The second kappa shape index (κ2) is 5.50. The zero-order valence-corrected chi connectivity index (χ0v) is 12.7. The summed E-state index contributed by atoms with van der Waals surface area (Å²) in [6, 6.07) is 5.36. The van der Waals surface area contributed by atoms with E-state index in [4.69, 9.17) is 28.3 Å². The van der Waals surface area contributed by atoms with E-state index in [1.54, 1.807) is 6.07 Å². The second-order valence-corrected chi connectivity index (χ2v) is 6.74. The van der Waals surface area contributed by atoms with Crippen molar-refractivity contribution < 1.29 is 14.7 Å². The number of carbonyl (C=O) groups is 2. The molecule has 4 nitrogen and oxygen atoms in total. The molecule has 2 unspecified atom stereocenters. The number of amides is 1. The Hall–Kier alpha value is -1.26. The van der Waals surface area contributed by atoms with Crippen molar-refractivity contribution in [2.45, 2.75) is 31.2 Å². The molecule has 2 atom stereocenters. The summed E-state index contributed by atoms with van der Waals surface area (Å²) in [5.74, 6) is -0.972. The van der Waals surface area contributed by atoms with Crippen LogP contribution in [0.15, 0.2) is 18.2 Å². The van der Waals surface area contributed by atoms with Crippen LogP contribution in [-0.4, -0.2) is 23.0 Å². The zero-order chi connectivity index (χ0) is 15.1. The standard InChI is InChI=1S/C15H15Cl2NO3/c16-9-1-7(2-10(17)5-9)12-6-13(12)14(19)18-11-3-8(4-11)15(20)21/h1-2,5,8,11-13H,3-4,6H2,(H,18,19)(H,20,21). The highest BCUT2D eigenvalue weighted by atomic mass is 35.5. The number of carboxylic acid groups (broad SMARTS) is 1. The van der Waals surface area contributed by atoms with Gasteiger partial charge in [-0.25, -0.2) is 0 Å². The van der Waals surface area contributed by atoms with Gasteiger partial charge in [0.1, 0.15) is 0 Å². The lowest BCUT2D eigenvalue weighted by Gasteiger charge is -2.32. The minimum absolute atomic E-state index is 0.00259. The van der Waals surface area contributed by atoms with Gasteiger partial charge in [-0.1, -0.05) is 23.2 Å². The minimum Gasteiger partial charge on any atom is -0.481 e. The van der Waals surface area contributed by atoms with Crippen LogP contribution in [0.5, 0.6) is 0 Å². The third-order valence-electron chi connectivity index (χ3n) is 4.27. The molecule has 2 saturated carbocycles. The summed E-state index contributed by atoms with van der Waals surface area (Å²) in [4.78, 5) is 22.8. The Morgan fingerprint density at radius 2 is 1.71 bits per heavy atom. The lowest BCUT2D eigenvalue weighted by Crippen LogP contribution is -2.47. The van der Waals surface area contributed by atoms with Crippen molar-refractivity contribution in [2.75, 3.05) is 0 Å². The molecule has 1 aromatic carbocycles. The number of carbonyl (C=O) groups excluding carboxylic acids is 1. The molecule has 2 aliphatic carbocycles. The molecular formula is C15H15Cl2NO3. The molecule has 2 aliphatic rings. The average Bonchev–Trinajstić information content (AvgIpc) is 3.11. The van der Waals surface area contributed by atoms with Crippen molar-refractivity contribution in [2.24, 2.45) is 11.8 Å². The highest BCUT2D eigenvalue weighted by Gasteiger charge is 2.46. The number of carboxylic acids is 1. The van der Waals surface area contributed by atoms with Crippen molar-refractivity contribution >= 4 is 35.1 Å². The number of hydrogen-bond donors (Lipinski definition) is 2. The van der Waals surface area contributed by atoms with E-state index in [1.165, 1.54) is 0 Å². The van der Waals surface area contributed by atoms with Crippen LogP contribution in [-0.2, 0) is 9.59 Å². The van der Waals surface area contributed by atoms with E-state index < -0.39 is 5.97 Å². The van der Waals surface area contributed by atoms with Crippen LogP contribution in [0.4, 0.5) is 0 Å². The minimum atomic E-state index is -0.779. The fraction of sp³-hybridized carbons (Fsp3) is 0.467. The summed E-state index contributed by atoms with van der Waals surface area (Å²) < 4.78 is 0. The summed E-state index contributed by atoms with van der Waals surface area (Å²) in [5, 5.41) is 12.9. The van der Waals surface area contributed by atoms with Crippen molar-refractivity contribution in [3.63, 3.8) is 0 Å². The molecule has 1 amide bonds. The Kier molecular flexibility index (Phi) is 3.84. The topological polar surface area (TPSA) is 66.4 Å². The Morgan fingerprint density at radius 3 is 2.29 bits per heavy atom. The number of halogens is 2. The maximum absolute atomic E-state index is 12.1. The van der Waals surface area contributed by atoms with Crippen molar-refractivity contribution in [3.05, 3.63) is 33.8 Å². The Balaban J connectivity index is 1.53. The van der Waals surface area contributed by atoms with Gasteiger partial charge in [0.25, 0.3) is 0 Å². The number of hydrogen-bond acceptors (Lipinski definition) is 2. The summed E-state index contributed by atoms with van der Waals surface area (Å²) in [7, 11) is 0. The van der Waals surface area contributed by atoms with Crippen LogP contribution in [0, 0.1) is 11.8 Å². The fourth-order valence-electron chi connectivity index (χ4n) is 2.89. The van der Waals surface area contributed by atoms with Crippen LogP contribution in [0.25, 0.3) is 0 Å². The van der Waals surface area contributed by atoms with E-state index in [9.17, 15) is 9.59 Å². The number of benzene rings is 1. The van der Waals surface area contributed by atoms with Gasteiger partial charge in [0, 0.05) is 22.0 Å². The Labute approximate surface area is 132 Å². The number of aliphatic carboxylic acids is 1. The van der Waals surface area contributed by atoms with E-state index in [-0.39, 0.29) is 29.7 Å². The third kappa shape index (κ3) is 3.16. The van der Waals surface area contributed by atoms with E-state index in [1.807, 2.05) is 12.1 Å². The van der Waals surface area contributed by atoms with E-state index in [0.717, 1.165) is 12.0 Å². The molecule has 0 radical (unpaired) electrons. The monoisotopic (exact) mass is 327 g/mol. The first-order valence-electron chi connectivity index (χ1n) is 6.93. The van der Waals surface area contributed by atoms with Crippen molar-refractivity contribution in [3.8, 4) is 0 Å². The molecule has 0 bridgehead atoms. The van der Waals surface area contributed by atoms with Gasteiger partial charge in [0.2, 0.25) is 5.91 Å². The molecule has 0 aliphatic heterocycles. The fourth-order valence-corrected chi connectivity index (χ4v) is 3.43. The molecule has 3 rings (SSSR count).